The first kappa shape index (κ1) is 31.0. The Hall–Kier alpha value is -1.40. The third-order valence-corrected chi connectivity index (χ3v) is 13.6. The number of nitrogens with zero attached hydrogens (tertiary/aromatic N) is 1. The summed E-state index contributed by atoms with van der Waals surface area (Å²) in [5.41, 5.74) is 0.445. The molecule has 0 amide bonds. The Bertz CT molecular complexity index is 1030. The van der Waals surface area contributed by atoms with Gasteiger partial charge >= 0.3 is 5.97 Å². The lowest BCUT2D eigenvalue weighted by atomic mass is 9.41. The molecule has 41 heavy (non-hydrogen) atoms. The van der Waals surface area contributed by atoms with Crippen molar-refractivity contribution in [1.82, 2.24) is 15.3 Å². The molecule has 6 nitrogen and oxygen atoms in total. The largest absolute Gasteiger partial charge is 0.481 e. The van der Waals surface area contributed by atoms with E-state index in [1.807, 2.05) is 13.1 Å². The van der Waals surface area contributed by atoms with Gasteiger partial charge in [-0.2, -0.15) is 0 Å². The van der Waals surface area contributed by atoms with Crippen LogP contribution < -0.4 is 5.32 Å². The number of aliphatic hydroxyl groups is 1. The Labute approximate surface area is 249 Å². The van der Waals surface area contributed by atoms with Crippen LogP contribution in [0.2, 0.25) is 0 Å². The van der Waals surface area contributed by atoms with Gasteiger partial charge in [0, 0.05) is 36.3 Å². The van der Waals surface area contributed by atoms with Crippen molar-refractivity contribution >= 4 is 5.97 Å². The van der Waals surface area contributed by atoms with Gasteiger partial charge in [-0.15, -0.1) is 0 Å². The number of H-pyrrole nitrogens is 1. The van der Waals surface area contributed by atoms with E-state index in [4.69, 9.17) is 0 Å². The Balaban J connectivity index is 1.39. The number of rotatable bonds is 11. The molecule has 1 aromatic heterocycles. The van der Waals surface area contributed by atoms with E-state index in [0.717, 1.165) is 61.6 Å². The van der Waals surface area contributed by atoms with Gasteiger partial charge in [0.15, 0.2) is 0 Å². The van der Waals surface area contributed by atoms with Crippen LogP contribution in [0.25, 0.3) is 0 Å². The van der Waals surface area contributed by atoms with Crippen LogP contribution in [0.3, 0.4) is 0 Å². The lowest BCUT2D eigenvalue weighted by Gasteiger charge is -2.67. The lowest BCUT2D eigenvalue weighted by Crippen LogP contribution is -2.71. The van der Waals surface area contributed by atoms with Crippen LogP contribution in [0.5, 0.6) is 0 Å². The third-order valence-electron chi connectivity index (χ3n) is 13.6. The molecule has 11 atom stereocenters. The fourth-order valence-electron chi connectivity index (χ4n) is 11.1. The number of aliphatic carboxylic acids is 1. The Morgan fingerprint density at radius 1 is 1.10 bits per heavy atom. The van der Waals surface area contributed by atoms with Crippen LogP contribution in [0, 0.1) is 58.2 Å². The summed E-state index contributed by atoms with van der Waals surface area (Å²) >= 11 is 0. The van der Waals surface area contributed by atoms with Crippen LogP contribution in [0.4, 0.5) is 0 Å². The van der Waals surface area contributed by atoms with Gasteiger partial charge in [0.05, 0.1) is 17.8 Å². The summed E-state index contributed by atoms with van der Waals surface area (Å²) in [6, 6.07) is -0.00895. The molecular weight excluding hydrogens is 510 g/mol. The fourth-order valence-corrected chi connectivity index (χ4v) is 11.1. The summed E-state index contributed by atoms with van der Waals surface area (Å²) in [6.45, 7) is 14.9. The number of carbonyl (C=O) groups is 1. The maximum Gasteiger partial charge on any atom is 0.306 e. The minimum Gasteiger partial charge on any atom is -0.481 e. The second-order valence-corrected chi connectivity index (χ2v) is 15.9. The summed E-state index contributed by atoms with van der Waals surface area (Å²) < 4.78 is 0. The number of aromatic amines is 1. The summed E-state index contributed by atoms with van der Waals surface area (Å²) in [4.78, 5) is 19.4. The van der Waals surface area contributed by atoms with E-state index in [0.29, 0.717) is 23.7 Å². The molecule has 0 aromatic carbocycles. The van der Waals surface area contributed by atoms with Gasteiger partial charge < -0.3 is 20.5 Å². The number of hydrogen-bond acceptors (Lipinski definition) is 4. The fraction of sp³-hybridized carbons (Fsp3) is 0.886. The summed E-state index contributed by atoms with van der Waals surface area (Å²) in [5, 5.41) is 26.5. The zero-order chi connectivity index (χ0) is 29.6. The van der Waals surface area contributed by atoms with Gasteiger partial charge in [0.1, 0.15) is 0 Å². The maximum absolute atomic E-state index is 12.8. The van der Waals surface area contributed by atoms with E-state index >= 15 is 0 Å². The number of imidazole rings is 1. The molecule has 1 heterocycles. The molecule has 4 fully saturated rings. The average Bonchev–Trinajstić information content (AvgIpc) is 3.56. The SMILES string of the molecule is CC(C)CCCC(C)[C@H]1CC[C@H]2[C@@H]3C[C@@H](NCCc4cnc[nH]4)[C@@]4(O)C[C@@H](C(C)C(=O)O)CC[C@]4(C)[C@H]3CC[C@]12C. The van der Waals surface area contributed by atoms with Gasteiger partial charge in [-0.1, -0.05) is 60.8 Å². The molecule has 4 aliphatic rings. The average molecular weight is 570 g/mol. The number of aromatic nitrogens is 2. The quantitative estimate of drug-likeness (QED) is 0.228. The normalized spacial score (nSPS) is 41.9. The van der Waals surface area contributed by atoms with Crippen molar-refractivity contribution in [2.75, 3.05) is 6.54 Å². The number of carboxylic acids is 1. The summed E-state index contributed by atoms with van der Waals surface area (Å²) in [7, 11) is 0. The van der Waals surface area contributed by atoms with E-state index < -0.39 is 17.5 Å². The molecule has 232 valence electrons. The molecule has 0 saturated heterocycles. The molecular formula is C35H59N3O3. The van der Waals surface area contributed by atoms with E-state index in [9.17, 15) is 15.0 Å². The zero-order valence-corrected chi connectivity index (χ0v) is 26.8. The monoisotopic (exact) mass is 569 g/mol. The number of nitrogens with one attached hydrogen (secondary N) is 2. The van der Waals surface area contributed by atoms with Crippen molar-refractivity contribution in [3.8, 4) is 0 Å². The lowest BCUT2D eigenvalue weighted by molar-refractivity contribution is -0.231. The van der Waals surface area contributed by atoms with E-state index in [-0.39, 0.29) is 17.4 Å². The standard InChI is InChI=1S/C35H59N3O3/c1-22(2)8-7-9-23(3)28-10-11-29-27-18-31(37-17-14-26-20-36-21-38-26)35(41)19-25(24(4)32(39)40)12-16-34(35,6)30(27)13-15-33(28,29)5/h20-25,27-31,37,41H,7-19H2,1-6H3,(H,36,38)(H,39,40)/t23?,24?,25-,27-,28+,29-,30-,31+,33+,34+,35-/m0/s1. The second-order valence-electron chi connectivity index (χ2n) is 15.9. The van der Waals surface area contributed by atoms with Crippen LogP contribution in [0.15, 0.2) is 12.5 Å². The molecule has 5 rings (SSSR count). The molecule has 0 radical (unpaired) electrons. The smallest absolute Gasteiger partial charge is 0.306 e. The van der Waals surface area contributed by atoms with E-state index in [1.165, 1.54) is 44.9 Å². The zero-order valence-electron chi connectivity index (χ0n) is 26.8. The molecule has 0 aliphatic heterocycles. The molecule has 4 aliphatic carbocycles. The molecule has 2 unspecified atom stereocenters. The highest BCUT2D eigenvalue weighted by Gasteiger charge is 2.67. The predicted molar refractivity (Wildman–Crippen MR) is 164 cm³/mol. The molecule has 0 bridgehead atoms. The van der Waals surface area contributed by atoms with E-state index in [2.05, 4.69) is 49.9 Å². The molecule has 0 spiro atoms. The van der Waals surface area contributed by atoms with Gasteiger partial charge in [-0.25, -0.2) is 4.98 Å². The molecule has 6 heteroatoms. The van der Waals surface area contributed by atoms with Crippen LogP contribution in [-0.2, 0) is 11.2 Å². The number of hydrogen-bond donors (Lipinski definition) is 4. The maximum atomic E-state index is 12.8. The molecule has 1 aromatic rings. The molecule has 4 N–H and O–H groups in total. The van der Waals surface area contributed by atoms with Gasteiger partial charge in [-0.3, -0.25) is 4.79 Å². The number of carboxylic acid groups (broad SMARTS) is 1. The van der Waals surface area contributed by atoms with Crippen LogP contribution in [0.1, 0.15) is 118 Å². The highest BCUT2D eigenvalue weighted by molar-refractivity contribution is 5.69. The van der Waals surface area contributed by atoms with E-state index in [1.54, 1.807) is 6.33 Å². The Morgan fingerprint density at radius 2 is 1.88 bits per heavy atom. The van der Waals surface area contributed by atoms with Crippen molar-refractivity contribution in [1.29, 1.82) is 0 Å². The highest BCUT2D eigenvalue weighted by atomic mass is 16.4. The summed E-state index contributed by atoms with van der Waals surface area (Å²) in [5.74, 6) is 3.14. The van der Waals surface area contributed by atoms with Crippen LogP contribution in [-0.4, -0.2) is 44.3 Å². The van der Waals surface area contributed by atoms with Gasteiger partial charge in [0.2, 0.25) is 0 Å². The first-order chi connectivity index (χ1) is 19.4. The second kappa shape index (κ2) is 11.9. The summed E-state index contributed by atoms with van der Waals surface area (Å²) in [6.07, 6.45) is 17.2. The van der Waals surface area contributed by atoms with Crippen molar-refractivity contribution in [2.24, 2.45) is 58.2 Å². The van der Waals surface area contributed by atoms with Crippen molar-refractivity contribution in [2.45, 2.75) is 130 Å². The van der Waals surface area contributed by atoms with Gasteiger partial charge in [-0.05, 0) is 98.2 Å². The first-order valence-electron chi connectivity index (χ1n) is 17.1. The highest BCUT2D eigenvalue weighted by Crippen LogP contribution is 2.69. The number of fused-ring (bicyclic) bond motifs is 5. The Kier molecular flexibility index (Phi) is 9.04. The topological polar surface area (TPSA) is 98.2 Å². The molecule has 4 saturated carbocycles. The first-order valence-corrected chi connectivity index (χ1v) is 17.1. The minimum absolute atomic E-state index is 0.00895. The van der Waals surface area contributed by atoms with Crippen LogP contribution >= 0.6 is 0 Å². The van der Waals surface area contributed by atoms with Crippen molar-refractivity contribution < 1.29 is 15.0 Å². The Morgan fingerprint density at radius 3 is 2.56 bits per heavy atom. The van der Waals surface area contributed by atoms with Crippen molar-refractivity contribution in [3.63, 3.8) is 0 Å². The minimum atomic E-state index is -0.884. The third kappa shape index (κ3) is 5.54. The van der Waals surface area contributed by atoms with Crippen molar-refractivity contribution in [3.05, 3.63) is 18.2 Å². The van der Waals surface area contributed by atoms with Gasteiger partial charge in [0.25, 0.3) is 0 Å². The predicted octanol–water partition coefficient (Wildman–Crippen LogP) is 7.09.